The monoisotopic (exact) mass is 269 g/mol. The third-order valence-electron chi connectivity index (χ3n) is 3.37. The molecule has 0 aliphatic rings. The molecule has 0 bridgehead atoms. The number of aromatic nitrogens is 4. The van der Waals surface area contributed by atoms with Crippen LogP contribution in [0.15, 0.2) is 30.7 Å². The van der Waals surface area contributed by atoms with Gasteiger partial charge in [-0.2, -0.15) is 5.10 Å². The summed E-state index contributed by atoms with van der Waals surface area (Å²) < 4.78 is 1.82. The van der Waals surface area contributed by atoms with Gasteiger partial charge in [-0.1, -0.05) is 0 Å². The third kappa shape index (κ3) is 2.05. The van der Waals surface area contributed by atoms with Crippen molar-refractivity contribution in [3.05, 3.63) is 53.2 Å². The van der Waals surface area contributed by atoms with Crippen LogP contribution in [0.25, 0.3) is 5.65 Å². The van der Waals surface area contributed by atoms with E-state index in [2.05, 4.69) is 20.5 Å². The number of carbonyl (C=O) groups is 1. The molecule has 3 rings (SSSR count). The van der Waals surface area contributed by atoms with Gasteiger partial charge in [-0.05, 0) is 26.0 Å². The number of aromatic amines is 1. The highest BCUT2D eigenvalue weighted by molar-refractivity contribution is 5.99. The van der Waals surface area contributed by atoms with Crippen LogP contribution in [0.1, 0.15) is 27.3 Å². The van der Waals surface area contributed by atoms with Gasteiger partial charge in [-0.3, -0.25) is 9.89 Å². The van der Waals surface area contributed by atoms with E-state index in [-0.39, 0.29) is 5.91 Å². The Morgan fingerprint density at radius 2 is 2.25 bits per heavy atom. The predicted octanol–water partition coefficient (Wildman–Crippen LogP) is 1.60. The maximum atomic E-state index is 12.3. The molecule has 0 aliphatic heterocycles. The molecule has 0 unspecified atom stereocenters. The van der Waals surface area contributed by atoms with Gasteiger partial charge in [0.15, 0.2) is 0 Å². The second kappa shape index (κ2) is 4.80. The summed E-state index contributed by atoms with van der Waals surface area (Å²) in [6.45, 7) is 4.31. The van der Waals surface area contributed by atoms with Crippen molar-refractivity contribution in [2.24, 2.45) is 0 Å². The molecule has 1 amide bonds. The Hall–Kier alpha value is -2.63. The fraction of sp³-hybridized carbons (Fsp3) is 0.214. The average molecular weight is 269 g/mol. The van der Waals surface area contributed by atoms with E-state index >= 15 is 0 Å². The number of pyridine rings is 1. The molecule has 0 radical (unpaired) electrons. The lowest BCUT2D eigenvalue weighted by Crippen LogP contribution is -2.24. The maximum absolute atomic E-state index is 12.3. The van der Waals surface area contributed by atoms with Gasteiger partial charge in [-0.15, -0.1) is 0 Å². The Kier molecular flexibility index (Phi) is 2.98. The fourth-order valence-electron chi connectivity index (χ4n) is 2.22. The summed E-state index contributed by atoms with van der Waals surface area (Å²) in [6.07, 6.45) is 5.36. The van der Waals surface area contributed by atoms with Crippen LogP contribution in [0.3, 0.4) is 0 Å². The van der Waals surface area contributed by atoms with Gasteiger partial charge in [0.2, 0.25) is 0 Å². The maximum Gasteiger partial charge on any atom is 0.255 e. The predicted molar refractivity (Wildman–Crippen MR) is 74.4 cm³/mol. The van der Waals surface area contributed by atoms with Gasteiger partial charge in [0.05, 0.1) is 11.3 Å². The van der Waals surface area contributed by atoms with Crippen molar-refractivity contribution in [3.8, 4) is 0 Å². The quantitative estimate of drug-likeness (QED) is 0.758. The minimum absolute atomic E-state index is 0.137. The van der Waals surface area contributed by atoms with Gasteiger partial charge in [-0.25, -0.2) is 4.98 Å². The van der Waals surface area contributed by atoms with Crippen LogP contribution in [0.2, 0.25) is 0 Å². The Bertz CT molecular complexity index is 751. The number of fused-ring (bicyclic) bond motifs is 1. The van der Waals surface area contributed by atoms with Crippen LogP contribution in [-0.2, 0) is 6.54 Å². The molecule has 3 aromatic rings. The molecule has 20 heavy (non-hydrogen) atoms. The zero-order valence-corrected chi connectivity index (χ0v) is 11.3. The topological polar surface area (TPSA) is 75.1 Å². The smallest absolute Gasteiger partial charge is 0.255 e. The van der Waals surface area contributed by atoms with E-state index in [9.17, 15) is 4.79 Å². The number of imidazole rings is 1. The Balaban J connectivity index is 1.82. The number of hydrogen-bond acceptors (Lipinski definition) is 3. The second-order valence-corrected chi connectivity index (χ2v) is 4.68. The standard InChI is InChI=1S/C14H15N5O/c1-9-12(10(2)18-17-9)8-16-14(20)11-4-3-6-19-7-5-15-13(11)19/h3-7H,8H2,1-2H3,(H,16,20)(H,17,18). The van der Waals surface area contributed by atoms with Crippen LogP contribution in [0.4, 0.5) is 0 Å². The molecule has 0 spiro atoms. The zero-order chi connectivity index (χ0) is 14.1. The molecule has 0 aliphatic carbocycles. The molecule has 6 nitrogen and oxygen atoms in total. The SMILES string of the molecule is Cc1n[nH]c(C)c1CNC(=O)c1cccn2ccnc12. The van der Waals surface area contributed by atoms with Crippen molar-refractivity contribution in [2.45, 2.75) is 20.4 Å². The van der Waals surface area contributed by atoms with Crippen molar-refractivity contribution in [3.63, 3.8) is 0 Å². The Morgan fingerprint density at radius 1 is 1.40 bits per heavy atom. The first-order valence-electron chi connectivity index (χ1n) is 6.37. The molecule has 0 aromatic carbocycles. The Morgan fingerprint density at radius 3 is 3.00 bits per heavy atom. The summed E-state index contributed by atoms with van der Waals surface area (Å²) in [5.74, 6) is -0.137. The number of nitrogens with zero attached hydrogens (tertiary/aromatic N) is 3. The van der Waals surface area contributed by atoms with Crippen molar-refractivity contribution >= 4 is 11.6 Å². The van der Waals surface area contributed by atoms with Crippen molar-refractivity contribution in [1.82, 2.24) is 24.9 Å². The lowest BCUT2D eigenvalue weighted by molar-refractivity contribution is 0.0952. The van der Waals surface area contributed by atoms with Gasteiger partial charge in [0.1, 0.15) is 5.65 Å². The van der Waals surface area contributed by atoms with E-state index in [1.807, 2.05) is 36.7 Å². The highest BCUT2D eigenvalue weighted by atomic mass is 16.1. The van der Waals surface area contributed by atoms with Gasteiger partial charge >= 0.3 is 0 Å². The van der Waals surface area contributed by atoms with Crippen LogP contribution in [0, 0.1) is 13.8 Å². The molecule has 3 heterocycles. The molecule has 0 saturated heterocycles. The van der Waals surface area contributed by atoms with E-state index in [4.69, 9.17) is 0 Å². The molecule has 6 heteroatoms. The van der Waals surface area contributed by atoms with Crippen molar-refractivity contribution in [2.75, 3.05) is 0 Å². The summed E-state index contributed by atoms with van der Waals surface area (Å²) >= 11 is 0. The number of H-pyrrole nitrogens is 1. The number of rotatable bonds is 3. The summed E-state index contributed by atoms with van der Waals surface area (Å²) in [5, 5.41) is 9.94. The lowest BCUT2D eigenvalue weighted by atomic mass is 10.2. The minimum atomic E-state index is -0.137. The highest BCUT2D eigenvalue weighted by Crippen LogP contribution is 2.11. The Labute approximate surface area is 115 Å². The summed E-state index contributed by atoms with van der Waals surface area (Å²) in [5.41, 5.74) is 4.12. The second-order valence-electron chi connectivity index (χ2n) is 4.68. The summed E-state index contributed by atoms with van der Waals surface area (Å²) in [4.78, 5) is 16.5. The minimum Gasteiger partial charge on any atom is -0.348 e. The van der Waals surface area contributed by atoms with Crippen LogP contribution >= 0.6 is 0 Å². The largest absolute Gasteiger partial charge is 0.348 e. The normalized spacial score (nSPS) is 10.9. The van der Waals surface area contributed by atoms with Crippen molar-refractivity contribution in [1.29, 1.82) is 0 Å². The van der Waals surface area contributed by atoms with E-state index in [1.54, 1.807) is 12.3 Å². The molecule has 0 fully saturated rings. The first kappa shape index (κ1) is 12.4. The van der Waals surface area contributed by atoms with E-state index in [0.717, 1.165) is 17.0 Å². The fourth-order valence-corrected chi connectivity index (χ4v) is 2.22. The number of hydrogen-bond donors (Lipinski definition) is 2. The lowest BCUT2D eigenvalue weighted by Gasteiger charge is -2.06. The molecular weight excluding hydrogens is 254 g/mol. The molecule has 0 saturated carbocycles. The number of carbonyl (C=O) groups excluding carboxylic acids is 1. The first-order valence-corrected chi connectivity index (χ1v) is 6.37. The van der Waals surface area contributed by atoms with E-state index in [1.165, 1.54) is 0 Å². The van der Waals surface area contributed by atoms with Gasteiger partial charge in [0.25, 0.3) is 5.91 Å². The summed E-state index contributed by atoms with van der Waals surface area (Å²) in [7, 11) is 0. The number of aryl methyl sites for hydroxylation is 2. The molecular formula is C14H15N5O. The number of amides is 1. The molecule has 3 aromatic heterocycles. The molecule has 2 N–H and O–H groups in total. The number of nitrogens with one attached hydrogen (secondary N) is 2. The first-order chi connectivity index (χ1) is 9.66. The van der Waals surface area contributed by atoms with Gasteiger partial charge < -0.3 is 9.72 Å². The zero-order valence-electron chi connectivity index (χ0n) is 11.3. The molecule has 102 valence electrons. The van der Waals surface area contributed by atoms with Crippen LogP contribution in [-0.4, -0.2) is 25.5 Å². The van der Waals surface area contributed by atoms with E-state index < -0.39 is 0 Å². The third-order valence-corrected chi connectivity index (χ3v) is 3.37. The average Bonchev–Trinajstić information content (AvgIpc) is 3.03. The van der Waals surface area contributed by atoms with Gasteiger partial charge in [0, 0.05) is 36.4 Å². The van der Waals surface area contributed by atoms with Crippen LogP contribution < -0.4 is 5.32 Å². The van der Waals surface area contributed by atoms with E-state index in [0.29, 0.717) is 17.8 Å². The van der Waals surface area contributed by atoms with Crippen molar-refractivity contribution < 1.29 is 4.79 Å². The molecule has 0 atom stereocenters. The van der Waals surface area contributed by atoms with Crippen LogP contribution in [0.5, 0.6) is 0 Å². The highest BCUT2D eigenvalue weighted by Gasteiger charge is 2.13. The summed E-state index contributed by atoms with van der Waals surface area (Å²) in [6, 6.07) is 3.60.